The van der Waals surface area contributed by atoms with Gasteiger partial charge in [-0.1, -0.05) is 12.1 Å². The second kappa shape index (κ2) is 7.52. The van der Waals surface area contributed by atoms with E-state index < -0.39 is 5.97 Å². The summed E-state index contributed by atoms with van der Waals surface area (Å²) in [7, 11) is 0. The molecule has 130 valence electrons. The molecule has 0 fully saturated rings. The molecule has 0 atom stereocenters. The van der Waals surface area contributed by atoms with Gasteiger partial charge in [-0.3, -0.25) is 0 Å². The highest BCUT2D eigenvalue weighted by molar-refractivity contribution is 9.10. The summed E-state index contributed by atoms with van der Waals surface area (Å²) in [5, 5.41) is 7.65. The third kappa shape index (κ3) is 4.48. The molecule has 3 aromatic rings. The average Bonchev–Trinajstić information content (AvgIpc) is 3.22. The van der Waals surface area contributed by atoms with Gasteiger partial charge in [0.05, 0.1) is 0 Å². The van der Waals surface area contributed by atoms with Gasteiger partial charge >= 0.3 is 5.97 Å². The van der Waals surface area contributed by atoms with Gasteiger partial charge in [-0.15, -0.1) is 10.2 Å². The second-order valence-electron chi connectivity index (χ2n) is 5.32. The minimum Gasteiger partial charge on any atom is -0.482 e. The first-order valence-corrected chi connectivity index (χ1v) is 8.24. The number of benzene rings is 1. The van der Waals surface area contributed by atoms with E-state index in [9.17, 15) is 4.79 Å². The van der Waals surface area contributed by atoms with E-state index in [0.717, 1.165) is 11.1 Å². The van der Waals surface area contributed by atoms with E-state index in [0.29, 0.717) is 16.2 Å². The van der Waals surface area contributed by atoms with E-state index in [1.807, 2.05) is 32.0 Å². The summed E-state index contributed by atoms with van der Waals surface area (Å²) in [5.74, 6) is 0.933. The number of nitrogens with zero attached hydrogens (tertiary/aromatic N) is 2. The number of esters is 1. The Balaban J connectivity index is 1.51. The zero-order valence-electron chi connectivity index (χ0n) is 13.6. The smallest absolute Gasteiger partial charge is 0.344 e. The standard InChI is InChI=1S/C17H15BrN2O5/c1-10-3-4-11(2)13(7-10)22-9-16(21)23-8-15-19-20-17(25-15)12-5-6-14(18)24-12/h3-7H,8-9H2,1-2H3. The molecule has 0 unspecified atom stereocenters. The van der Waals surface area contributed by atoms with E-state index >= 15 is 0 Å². The number of aryl methyl sites for hydroxylation is 2. The molecule has 0 spiro atoms. The predicted octanol–water partition coefficient (Wildman–Crippen LogP) is 3.83. The summed E-state index contributed by atoms with van der Waals surface area (Å²) in [4.78, 5) is 11.8. The Bertz CT molecular complexity index is 887. The largest absolute Gasteiger partial charge is 0.482 e. The van der Waals surface area contributed by atoms with E-state index in [1.54, 1.807) is 12.1 Å². The number of rotatable bonds is 6. The quantitative estimate of drug-likeness (QED) is 0.574. The molecule has 0 amide bonds. The van der Waals surface area contributed by atoms with Gasteiger partial charge in [0.15, 0.2) is 23.6 Å². The fourth-order valence-electron chi connectivity index (χ4n) is 2.02. The first kappa shape index (κ1) is 17.2. The van der Waals surface area contributed by atoms with Crippen molar-refractivity contribution in [2.45, 2.75) is 20.5 Å². The molecule has 0 radical (unpaired) electrons. The summed E-state index contributed by atoms with van der Waals surface area (Å²) in [6, 6.07) is 9.18. The van der Waals surface area contributed by atoms with Crippen LogP contribution in [0.25, 0.3) is 11.7 Å². The van der Waals surface area contributed by atoms with Crippen LogP contribution in [0.3, 0.4) is 0 Å². The van der Waals surface area contributed by atoms with Crippen LogP contribution in [-0.2, 0) is 16.1 Å². The maximum Gasteiger partial charge on any atom is 0.344 e. The fourth-order valence-corrected chi connectivity index (χ4v) is 2.33. The molecule has 0 N–H and O–H groups in total. The maximum atomic E-state index is 11.8. The van der Waals surface area contributed by atoms with Crippen LogP contribution in [0.1, 0.15) is 17.0 Å². The van der Waals surface area contributed by atoms with Crippen molar-refractivity contribution in [2.24, 2.45) is 0 Å². The lowest BCUT2D eigenvalue weighted by atomic mass is 10.1. The Morgan fingerprint density at radius 3 is 2.76 bits per heavy atom. The van der Waals surface area contributed by atoms with Gasteiger partial charge in [-0.2, -0.15) is 0 Å². The Kier molecular flexibility index (Phi) is 5.18. The molecule has 0 aliphatic heterocycles. The summed E-state index contributed by atoms with van der Waals surface area (Å²) >= 11 is 3.19. The highest BCUT2D eigenvalue weighted by atomic mass is 79.9. The molecular formula is C17H15BrN2O5. The van der Waals surface area contributed by atoms with Gasteiger partial charge < -0.3 is 18.3 Å². The molecule has 2 heterocycles. The Hall–Kier alpha value is -2.61. The molecule has 0 aliphatic rings. The van der Waals surface area contributed by atoms with Crippen molar-refractivity contribution in [2.75, 3.05) is 6.61 Å². The minimum atomic E-state index is -0.526. The minimum absolute atomic E-state index is 0.135. The number of furan rings is 1. The molecule has 0 aliphatic carbocycles. The number of carbonyl (C=O) groups is 1. The van der Waals surface area contributed by atoms with Gasteiger partial charge in [-0.25, -0.2) is 4.79 Å². The highest BCUT2D eigenvalue weighted by Gasteiger charge is 2.14. The molecule has 0 bridgehead atoms. The van der Waals surface area contributed by atoms with Gasteiger partial charge in [0.25, 0.3) is 11.8 Å². The Morgan fingerprint density at radius 2 is 2.00 bits per heavy atom. The SMILES string of the molecule is Cc1ccc(C)c(OCC(=O)OCc2nnc(-c3ccc(Br)o3)o2)c1. The second-order valence-corrected chi connectivity index (χ2v) is 6.10. The van der Waals surface area contributed by atoms with Crippen LogP contribution in [0.5, 0.6) is 5.75 Å². The van der Waals surface area contributed by atoms with Crippen LogP contribution in [0.4, 0.5) is 0 Å². The number of ether oxygens (including phenoxy) is 2. The van der Waals surface area contributed by atoms with Crippen molar-refractivity contribution in [3.05, 3.63) is 52.0 Å². The zero-order valence-corrected chi connectivity index (χ0v) is 15.2. The third-order valence-electron chi connectivity index (χ3n) is 3.30. The lowest BCUT2D eigenvalue weighted by Gasteiger charge is -2.09. The highest BCUT2D eigenvalue weighted by Crippen LogP contribution is 2.24. The molecule has 25 heavy (non-hydrogen) atoms. The first-order valence-electron chi connectivity index (χ1n) is 7.45. The molecule has 7 nitrogen and oxygen atoms in total. The molecule has 0 saturated carbocycles. The topological polar surface area (TPSA) is 87.6 Å². The molecule has 2 aromatic heterocycles. The van der Waals surface area contributed by atoms with Crippen LogP contribution in [-0.4, -0.2) is 22.8 Å². The first-order chi connectivity index (χ1) is 12.0. The molecular weight excluding hydrogens is 392 g/mol. The van der Waals surface area contributed by atoms with Crippen molar-refractivity contribution in [3.63, 3.8) is 0 Å². The number of halogens is 1. The van der Waals surface area contributed by atoms with E-state index in [-0.39, 0.29) is 25.0 Å². The zero-order chi connectivity index (χ0) is 17.8. The monoisotopic (exact) mass is 406 g/mol. The molecule has 0 saturated heterocycles. The lowest BCUT2D eigenvalue weighted by Crippen LogP contribution is -2.15. The van der Waals surface area contributed by atoms with Crippen molar-refractivity contribution in [1.82, 2.24) is 10.2 Å². The van der Waals surface area contributed by atoms with Gasteiger partial charge in [0.2, 0.25) is 0 Å². The predicted molar refractivity (Wildman–Crippen MR) is 90.9 cm³/mol. The summed E-state index contributed by atoms with van der Waals surface area (Å²) in [6.45, 7) is 3.53. The van der Waals surface area contributed by atoms with E-state index in [1.165, 1.54) is 0 Å². The van der Waals surface area contributed by atoms with Gasteiger partial charge in [0.1, 0.15) is 5.75 Å². The summed E-state index contributed by atoms with van der Waals surface area (Å²) < 4.78 is 21.8. The number of aromatic nitrogens is 2. The van der Waals surface area contributed by atoms with Gasteiger partial charge in [0, 0.05) is 0 Å². The van der Waals surface area contributed by atoms with Crippen LogP contribution in [0.2, 0.25) is 0 Å². The van der Waals surface area contributed by atoms with E-state index in [4.69, 9.17) is 18.3 Å². The Labute approximate surface area is 152 Å². The molecule has 3 rings (SSSR count). The van der Waals surface area contributed by atoms with Crippen LogP contribution >= 0.6 is 15.9 Å². The van der Waals surface area contributed by atoms with Crippen LogP contribution in [0, 0.1) is 13.8 Å². The summed E-state index contributed by atoms with van der Waals surface area (Å²) in [5.41, 5.74) is 2.00. The van der Waals surface area contributed by atoms with Crippen LogP contribution < -0.4 is 4.74 Å². The van der Waals surface area contributed by atoms with Gasteiger partial charge in [-0.05, 0) is 59.1 Å². The molecule has 8 heteroatoms. The van der Waals surface area contributed by atoms with Crippen molar-refractivity contribution in [1.29, 1.82) is 0 Å². The van der Waals surface area contributed by atoms with Crippen molar-refractivity contribution < 1.29 is 23.1 Å². The Morgan fingerprint density at radius 1 is 1.16 bits per heavy atom. The average molecular weight is 407 g/mol. The normalized spacial score (nSPS) is 10.7. The van der Waals surface area contributed by atoms with Crippen LogP contribution in [0.15, 0.2) is 43.8 Å². The van der Waals surface area contributed by atoms with E-state index in [2.05, 4.69) is 26.1 Å². The maximum absolute atomic E-state index is 11.8. The van der Waals surface area contributed by atoms with Crippen molar-refractivity contribution in [3.8, 4) is 17.4 Å². The number of hydrogen-bond donors (Lipinski definition) is 0. The lowest BCUT2D eigenvalue weighted by molar-refractivity contribution is -0.148. The van der Waals surface area contributed by atoms with Crippen molar-refractivity contribution >= 4 is 21.9 Å². The molecule has 1 aromatic carbocycles. The summed E-state index contributed by atoms with van der Waals surface area (Å²) in [6.07, 6.45) is 0. The number of hydrogen-bond acceptors (Lipinski definition) is 7. The third-order valence-corrected chi connectivity index (χ3v) is 3.72. The fraction of sp³-hybridized carbons (Fsp3) is 0.235. The number of carbonyl (C=O) groups excluding carboxylic acids is 1.